The maximum Gasteiger partial charge on any atom is 0.248 e. The maximum absolute atomic E-state index is 13.6. The second kappa shape index (κ2) is 8.04. The molecule has 1 saturated heterocycles. The molecule has 140 valence electrons. The Hall–Kier alpha value is -2.14. The number of carbonyl (C=O) groups excluding carboxylic acids is 1. The van der Waals surface area contributed by atoms with Crippen LogP contribution in [0.3, 0.4) is 0 Å². The van der Waals surface area contributed by atoms with Crippen LogP contribution >= 0.6 is 0 Å². The molecule has 1 aliphatic rings. The van der Waals surface area contributed by atoms with E-state index in [1.165, 1.54) is 5.56 Å². The van der Waals surface area contributed by atoms with Gasteiger partial charge in [-0.3, -0.25) is 9.48 Å². The number of benzene rings is 1. The van der Waals surface area contributed by atoms with Crippen LogP contribution in [0.15, 0.2) is 36.4 Å². The molecule has 1 fully saturated rings. The number of nitrogens with zero attached hydrogens (tertiary/aromatic N) is 4. The number of hydrogen-bond acceptors (Lipinski definition) is 3. The van der Waals surface area contributed by atoms with Gasteiger partial charge in [-0.1, -0.05) is 43.7 Å². The molecule has 0 unspecified atom stereocenters. The Morgan fingerprint density at radius 3 is 2.58 bits per heavy atom. The van der Waals surface area contributed by atoms with E-state index in [0.717, 1.165) is 43.9 Å². The van der Waals surface area contributed by atoms with Crippen molar-refractivity contribution in [2.24, 2.45) is 0 Å². The van der Waals surface area contributed by atoms with Gasteiger partial charge in [0.2, 0.25) is 5.91 Å². The monoisotopic (exact) mass is 354 g/mol. The number of hydrogen-bond donors (Lipinski definition) is 0. The molecule has 2 heterocycles. The summed E-state index contributed by atoms with van der Waals surface area (Å²) in [6, 6.07) is 12.3. The molecule has 26 heavy (non-hydrogen) atoms. The van der Waals surface area contributed by atoms with E-state index in [-0.39, 0.29) is 18.0 Å². The molecule has 1 aliphatic heterocycles. The van der Waals surface area contributed by atoms with Gasteiger partial charge in [0.05, 0.1) is 11.7 Å². The lowest BCUT2D eigenvalue weighted by Crippen LogP contribution is -2.51. The van der Waals surface area contributed by atoms with Crippen molar-refractivity contribution >= 4 is 5.91 Å². The fraction of sp³-hybridized carbons (Fsp3) is 0.524. The van der Waals surface area contributed by atoms with Crippen LogP contribution in [0.4, 0.5) is 0 Å². The van der Waals surface area contributed by atoms with Crippen molar-refractivity contribution in [3.05, 3.63) is 53.3 Å². The molecule has 1 amide bonds. The van der Waals surface area contributed by atoms with Gasteiger partial charge in [0.15, 0.2) is 0 Å². The zero-order valence-electron chi connectivity index (χ0n) is 16.4. The molecule has 5 heteroatoms. The van der Waals surface area contributed by atoms with E-state index in [9.17, 15) is 4.79 Å². The van der Waals surface area contributed by atoms with E-state index in [2.05, 4.69) is 59.2 Å². The van der Waals surface area contributed by atoms with E-state index in [1.807, 2.05) is 24.6 Å². The van der Waals surface area contributed by atoms with E-state index >= 15 is 0 Å². The Morgan fingerprint density at radius 2 is 1.96 bits per heavy atom. The fourth-order valence-electron chi connectivity index (χ4n) is 3.92. The van der Waals surface area contributed by atoms with E-state index in [4.69, 9.17) is 0 Å². The average Bonchev–Trinajstić information content (AvgIpc) is 2.97. The summed E-state index contributed by atoms with van der Waals surface area (Å²) in [5.41, 5.74) is 3.23. The number of carbonyl (C=O) groups is 1. The highest BCUT2D eigenvalue weighted by Crippen LogP contribution is 2.29. The summed E-state index contributed by atoms with van der Waals surface area (Å²) in [5.74, 6) is 0.194. The largest absolute Gasteiger partial charge is 0.331 e. The van der Waals surface area contributed by atoms with Gasteiger partial charge in [0.1, 0.15) is 6.04 Å². The Bertz CT molecular complexity index is 740. The molecule has 0 spiro atoms. The lowest BCUT2D eigenvalue weighted by atomic mass is 10.0. The van der Waals surface area contributed by atoms with Crippen molar-refractivity contribution in [2.45, 2.75) is 45.7 Å². The highest BCUT2D eigenvalue weighted by Gasteiger charge is 2.35. The predicted molar refractivity (Wildman–Crippen MR) is 104 cm³/mol. The molecule has 2 aromatic rings. The highest BCUT2D eigenvalue weighted by molar-refractivity contribution is 5.81. The molecule has 0 saturated carbocycles. The van der Waals surface area contributed by atoms with Crippen LogP contribution < -0.4 is 0 Å². The number of likely N-dealkylation sites (N-methyl/N-ethyl adjacent to an activating group) is 1. The normalized spacial score (nSPS) is 19.5. The van der Waals surface area contributed by atoms with Gasteiger partial charge in [0, 0.05) is 25.3 Å². The number of piperazine rings is 1. The first-order chi connectivity index (χ1) is 12.5. The van der Waals surface area contributed by atoms with Gasteiger partial charge in [-0.25, -0.2) is 0 Å². The summed E-state index contributed by atoms with van der Waals surface area (Å²) in [7, 11) is 2.13. The van der Waals surface area contributed by atoms with Crippen molar-refractivity contribution in [1.82, 2.24) is 19.6 Å². The number of aromatic nitrogens is 2. The van der Waals surface area contributed by atoms with Crippen molar-refractivity contribution in [3.8, 4) is 0 Å². The Balaban J connectivity index is 1.92. The third-order valence-electron chi connectivity index (χ3n) is 5.24. The minimum atomic E-state index is -0.219. The van der Waals surface area contributed by atoms with Crippen LogP contribution in [-0.2, 0) is 4.79 Å². The summed E-state index contributed by atoms with van der Waals surface area (Å²) in [6.45, 7) is 8.68. The molecular formula is C21H30N4O. The molecule has 2 atom stereocenters. The Labute approximate surface area is 156 Å². The molecule has 0 N–H and O–H groups in total. The molecule has 0 aliphatic carbocycles. The maximum atomic E-state index is 13.6. The molecular weight excluding hydrogens is 324 g/mol. The lowest BCUT2D eigenvalue weighted by Gasteiger charge is -2.42. The predicted octanol–water partition coefficient (Wildman–Crippen LogP) is 3.36. The van der Waals surface area contributed by atoms with Gasteiger partial charge < -0.3 is 9.80 Å². The first kappa shape index (κ1) is 18.6. The van der Waals surface area contributed by atoms with E-state index in [1.54, 1.807) is 0 Å². The zero-order chi connectivity index (χ0) is 18.7. The Morgan fingerprint density at radius 1 is 1.23 bits per heavy atom. The molecule has 3 rings (SSSR count). The molecule has 5 nitrogen and oxygen atoms in total. The average molecular weight is 354 g/mol. The van der Waals surface area contributed by atoms with Gasteiger partial charge in [-0.15, -0.1) is 0 Å². The van der Waals surface area contributed by atoms with Crippen LogP contribution in [0.1, 0.15) is 48.8 Å². The molecule has 1 aromatic heterocycles. The lowest BCUT2D eigenvalue weighted by molar-refractivity contribution is -0.140. The molecule has 0 radical (unpaired) electrons. The topological polar surface area (TPSA) is 41.4 Å². The third-order valence-corrected chi connectivity index (χ3v) is 5.24. The van der Waals surface area contributed by atoms with Crippen molar-refractivity contribution in [3.63, 3.8) is 0 Å². The standard InChI is InChI=1S/C21H30N4O/c1-5-9-19(25-17(3)14-16(2)22-25)21(26)24-13-12-23(4)15-20(24)18-10-7-6-8-11-18/h6-8,10-11,14,19-20H,5,9,12-13,15H2,1-4H3/t19-,20+/m1/s1. The first-order valence-corrected chi connectivity index (χ1v) is 9.58. The van der Waals surface area contributed by atoms with Crippen LogP contribution in [-0.4, -0.2) is 52.2 Å². The first-order valence-electron chi connectivity index (χ1n) is 9.58. The number of rotatable bonds is 5. The van der Waals surface area contributed by atoms with Gasteiger partial charge in [0.25, 0.3) is 0 Å². The van der Waals surface area contributed by atoms with Crippen molar-refractivity contribution in [2.75, 3.05) is 26.7 Å². The van der Waals surface area contributed by atoms with Gasteiger partial charge in [-0.2, -0.15) is 5.10 Å². The summed E-state index contributed by atoms with van der Waals surface area (Å²) < 4.78 is 1.93. The minimum absolute atomic E-state index is 0.0961. The number of aryl methyl sites for hydroxylation is 2. The summed E-state index contributed by atoms with van der Waals surface area (Å²) in [4.78, 5) is 18.0. The van der Waals surface area contributed by atoms with Gasteiger partial charge in [-0.05, 0) is 38.9 Å². The van der Waals surface area contributed by atoms with Crippen molar-refractivity contribution < 1.29 is 4.79 Å². The van der Waals surface area contributed by atoms with Gasteiger partial charge >= 0.3 is 0 Å². The van der Waals surface area contributed by atoms with Crippen molar-refractivity contribution in [1.29, 1.82) is 0 Å². The van der Waals surface area contributed by atoms with Crippen LogP contribution in [0, 0.1) is 13.8 Å². The second-order valence-electron chi connectivity index (χ2n) is 7.40. The quantitative estimate of drug-likeness (QED) is 0.827. The molecule has 0 bridgehead atoms. The third kappa shape index (κ3) is 3.83. The Kier molecular flexibility index (Phi) is 5.77. The van der Waals surface area contributed by atoms with Crippen LogP contribution in [0.5, 0.6) is 0 Å². The zero-order valence-corrected chi connectivity index (χ0v) is 16.4. The highest BCUT2D eigenvalue weighted by atomic mass is 16.2. The van der Waals surface area contributed by atoms with Crippen LogP contribution in [0.2, 0.25) is 0 Å². The van der Waals surface area contributed by atoms with E-state index < -0.39 is 0 Å². The SMILES string of the molecule is CCC[C@H](C(=O)N1CCN(C)C[C@H]1c1ccccc1)n1nc(C)cc1C. The smallest absolute Gasteiger partial charge is 0.248 e. The summed E-state index contributed by atoms with van der Waals surface area (Å²) in [5, 5.41) is 4.62. The number of amides is 1. The molecule has 1 aromatic carbocycles. The summed E-state index contributed by atoms with van der Waals surface area (Å²) >= 11 is 0. The van der Waals surface area contributed by atoms with E-state index in [0.29, 0.717) is 0 Å². The fourth-order valence-corrected chi connectivity index (χ4v) is 3.92. The summed E-state index contributed by atoms with van der Waals surface area (Å²) in [6.07, 6.45) is 1.77. The second-order valence-corrected chi connectivity index (χ2v) is 7.40. The minimum Gasteiger partial charge on any atom is -0.331 e. The van der Waals surface area contributed by atoms with Crippen LogP contribution in [0.25, 0.3) is 0 Å².